The molecular weight excluding hydrogens is 1430 g/mol. The Morgan fingerprint density at radius 3 is 1.31 bits per heavy atom. The van der Waals surface area contributed by atoms with Gasteiger partial charge in [0.05, 0.1) is 26.3 Å². The number of oxazole rings is 3. The van der Waals surface area contributed by atoms with Crippen LogP contribution in [0, 0.1) is 20.8 Å². The monoisotopic (exact) mass is 1500 g/mol. The summed E-state index contributed by atoms with van der Waals surface area (Å²) in [7, 11) is 1.64. The van der Waals surface area contributed by atoms with Gasteiger partial charge in [-0.15, -0.1) is 39.5 Å². The number of hydrogen-bond acceptors (Lipinski definition) is 18. The number of ether oxygens (including phenoxy) is 3. The second kappa shape index (κ2) is 32.4. The molecule has 0 unspecified atom stereocenters. The average molecular weight is 1500 g/mol. The molecule has 0 aliphatic carbocycles. The number of pyridine rings is 3. The summed E-state index contributed by atoms with van der Waals surface area (Å²) in [6.07, 6.45) is -2.63. The molecule has 524 valence electrons. The number of aromatic amines is 1. The summed E-state index contributed by atoms with van der Waals surface area (Å²) in [5, 5.41) is 25.5. The van der Waals surface area contributed by atoms with E-state index in [2.05, 4.69) is 76.2 Å². The van der Waals surface area contributed by atoms with E-state index in [4.69, 9.17) is 32.6 Å². The zero-order chi connectivity index (χ0) is 67.6. The predicted molar refractivity (Wildman–Crippen MR) is 355 cm³/mol. The first-order chi connectivity index (χ1) is 42.8. The van der Waals surface area contributed by atoms with E-state index < -0.39 is 43.1 Å². The first-order valence-electron chi connectivity index (χ1n) is 26.5. The van der Waals surface area contributed by atoms with Crippen LogP contribution in [0.4, 0.5) is 39.5 Å². The highest BCUT2D eigenvalue weighted by molar-refractivity contribution is 9.11. The molecule has 1 aliphatic rings. The van der Waals surface area contributed by atoms with E-state index in [0.29, 0.717) is 61.2 Å². The molecule has 1 saturated heterocycles. The molecule has 0 atom stereocenters. The van der Waals surface area contributed by atoms with Gasteiger partial charge in [-0.05, 0) is 126 Å². The third-order valence-corrected chi connectivity index (χ3v) is 14.3. The highest BCUT2D eigenvalue weighted by atomic mass is 79.9. The molecule has 0 saturated carbocycles. The number of nitrogens with one attached hydrogen (secondary N) is 1. The van der Waals surface area contributed by atoms with E-state index in [1.165, 1.54) is 39.6 Å². The number of aromatic nitrogens is 10. The van der Waals surface area contributed by atoms with E-state index in [0.717, 1.165) is 58.5 Å². The molecule has 3 aromatic carbocycles. The lowest BCUT2D eigenvalue weighted by atomic mass is 9.80. The molecule has 12 rings (SSSR count). The molecule has 9 heterocycles. The smallest absolute Gasteiger partial charge is 0.435 e. The zero-order valence-electron chi connectivity index (χ0n) is 49.2. The fourth-order valence-electron chi connectivity index (χ4n) is 8.35. The lowest BCUT2D eigenvalue weighted by Gasteiger charge is -2.32. The Hall–Kier alpha value is -8.96. The van der Waals surface area contributed by atoms with Crippen molar-refractivity contribution < 1.29 is 86.3 Å². The average Bonchev–Trinajstić information content (AvgIpc) is 1.71. The van der Waals surface area contributed by atoms with Crippen molar-refractivity contribution >= 4 is 90.3 Å². The molecule has 36 heteroatoms. The van der Waals surface area contributed by atoms with Crippen LogP contribution < -0.4 is 41.8 Å². The van der Waals surface area contributed by atoms with Gasteiger partial charge in [-0.25, -0.2) is 15.0 Å². The third kappa shape index (κ3) is 20.8. The van der Waals surface area contributed by atoms with E-state index in [-0.39, 0.29) is 94.7 Å². The summed E-state index contributed by atoms with van der Waals surface area (Å²) in [4.78, 5) is 51.3. The second-order valence-corrected chi connectivity index (χ2v) is 22.3. The first kappa shape index (κ1) is 82.3. The van der Waals surface area contributed by atoms with Gasteiger partial charge in [0.25, 0.3) is 16.7 Å². The molecule has 1 aliphatic heterocycles. The normalized spacial score (nSPS) is 12.8. The summed E-state index contributed by atoms with van der Waals surface area (Å²) in [5.41, 5.74) is 3.06. The van der Waals surface area contributed by atoms with Gasteiger partial charge in [-0.1, -0.05) is 49.3 Å². The first-order valence-corrected chi connectivity index (χ1v) is 28.1. The van der Waals surface area contributed by atoms with Gasteiger partial charge in [-0.2, -0.15) is 10.2 Å². The van der Waals surface area contributed by atoms with Crippen molar-refractivity contribution in [2.24, 2.45) is 14.1 Å². The molecular formula is C61H69B2Br2F9N10O13. The van der Waals surface area contributed by atoms with Gasteiger partial charge in [0.2, 0.25) is 16.7 Å². The maximum Gasteiger partial charge on any atom is 0.573 e. The highest BCUT2D eigenvalue weighted by Gasteiger charge is 2.52. The molecule has 11 aromatic rings. The van der Waals surface area contributed by atoms with Gasteiger partial charge < -0.3 is 51.8 Å². The van der Waals surface area contributed by atoms with Crippen LogP contribution >= 0.6 is 31.9 Å². The number of alkyl halides is 9. The summed E-state index contributed by atoms with van der Waals surface area (Å²) < 4.78 is 155. The quantitative estimate of drug-likeness (QED) is 0.0941. The fourth-order valence-corrected chi connectivity index (χ4v) is 9.21. The summed E-state index contributed by atoms with van der Waals surface area (Å²) in [6, 6.07) is 14.2. The molecule has 3 N–H and O–H groups in total. The summed E-state index contributed by atoms with van der Waals surface area (Å²) in [5.74, 6) is -0.00369. The second-order valence-electron chi connectivity index (χ2n) is 20.6. The molecule has 0 radical (unpaired) electrons. The SMILES string of the molecule is C.C.C.C.C.Cc1nc2c(-c3cnn(C)c3)cn(-c3ccc(OC(F)(F)F)cc3)c(=O)c2o1.Cc1nc2c(Br)c[nH]c(=O)c2o1.Cc1nc2c(Br)cn(-c3ccc(OC(F)(F)F)cc3)c(=O)c2o1.Cn1cc(B2OC(C)(C)C(C)(C)O2)cn1.OB(O)c1ccc(OC(F)(F)F)cc1. The molecule has 23 nitrogen and oxygen atoms in total. The number of aryl methyl sites for hydroxylation is 5. The van der Waals surface area contributed by atoms with Gasteiger partial charge in [0.1, 0.15) is 33.8 Å². The van der Waals surface area contributed by atoms with Crippen LogP contribution in [-0.4, -0.2) is 103 Å². The Labute approximate surface area is 566 Å². The van der Waals surface area contributed by atoms with Crippen molar-refractivity contribution in [1.82, 2.24) is 48.6 Å². The van der Waals surface area contributed by atoms with Crippen molar-refractivity contribution in [3.63, 3.8) is 0 Å². The highest BCUT2D eigenvalue weighted by Crippen LogP contribution is 2.37. The van der Waals surface area contributed by atoms with Crippen molar-refractivity contribution in [1.29, 1.82) is 0 Å². The lowest BCUT2D eigenvalue weighted by molar-refractivity contribution is -0.275. The molecule has 0 amide bonds. The third-order valence-electron chi connectivity index (χ3n) is 13.1. The largest absolute Gasteiger partial charge is 0.573 e. The Balaban J connectivity index is 0.000000323. The van der Waals surface area contributed by atoms with Crippen LogP contribution in [0.1, 0.15) is 82.5 Å². The van der Waals surface area contributed by atoms with E-state index in [9.17, 15) is 53.9 Å². The minimum atomic E-state index is -4.79. The number of benzene rings is 3. The summed E-state index contributed by atoms with van der Waals surface area (Å²) in [6.45, 7) is 13.1. The predicted octanol–water partition coefficient (Wildman–Crippen LogP) is 13.3. The zero-order valence-corrected chi connectivity index (χ0v) is 52.4. The lowest BCUT2D eigenvalue weighted by Crippen LogP contribution is -2.41. The summed E-state index contributed by atoms with van der Waals surface area (Å²) >= 11 is 6.54. The van der Waals surface area contributed by atoms with Crippen molar-refractivity contribution in [2.45, 2.75) is 116 Å². The number of halogens is 11. The number of hydrogen-bond donors (Lipinski definition) is 3. The standard InChI is InChI=1S/C18H13F3N4O3.C14H8BrF3N2O3.C10H17BN2O2.C7H6BF3O3.C7H5BrN2O2.5CH4/c1-10-23-15-14(11-7-22-24(2)8-11)9-25(17(26)16(15)27-10)12-3-5-13(6-4-12)28-18(19,20)21;1-7-19-11-10(15)6-20(13(21)12(11)22-7)8-2-4-9(5-3-8)23-14(16,17)18;1-9(2)10(3,4)15-11(14-9)8-6-12-13(5)7-8;9-7(10,11)14-6-3-1-5(2-4-6)8(12)13;1-3-10-5-4(8)2-9-7(11)6(5)12-3;;;;;/h3-9H,1-2H3;2-6H,1H3;6-7H,1-5H3;1-4,12-13H;2H,1H3,(H,9,11);5*1H4. The van der Waals surface area contributed by atoms with Crippen LogP contribution in [0.3, 0.4) is 0 Å². The van der Waals surface area contributed by atoms with E-state index in [1.54, 1.807) is 68.2 Å². The van der Waals surface area contributed by atoms with Gasteiger partial charge in [-0.3, -0.25) is 32.9 Å². The maximum absolute atomic E-state index is 12.8. The Bertz CT molecular complexity index is 4570. The topological polar surface area (TPSA) is 277 Å². The minimum absolute atomic E-state index is 0. The van der Waals surface area contributed by atoms with Crippen LogP contribution in [0.2, 0.25) is 0 Å². The molecule has 0 spiro atoms. The van der Waals surface area contributed by atoms with Crippen LogP contribution in [0.5, 0.6) is 17.2 Å². The fraction of sp³-hybridized carbons (Fsp3) is 0.311. The number of fused-ring (bicyclic) bond motifs is 3. The van der Waals surface area contributed by atoms with Crippen molar-refractivity contribution in [2.75, 3.05) is 0 Å². The van der Waals surface area contributed by atoms with Gasteiger partial charge >= 0.3 is 33.3 Å². The number of rotatable bonds is 8. The Kier molecular flexibility index (Phi) is 27.5. The van der Waals surface area contributed by atoms with Crippen LogP contribution in [-0.2, 0) is 23.4 Å². The molecule has 0 bridgehead atoms. The maximum atomic E-state index is 12.8. The van der Waals surface area contributed by atoms with Crippen LogP contribution in [0.15, 0.2) is 153 Å². The Morgan fingerprint density at radius 1 is 0.536 bits per heavy atom. The van der Waals surface area contributed by atoms with Crippen molar-refractivity contribution in [3.8, 4) is 39.8 Å². The number of nitrogens with zero attached hydrogens (tertiary/aromatic N) is 9. The van der Waals surface area contributed by atoms with Crippen molar-refractivity contribution in [3.05, 3.63) is 174 Å². The minimum Gasteiger partial charge on any atom is -0.435 e. The Morgan fingerprint density at radius 2 is 0.918 bits per heavy atom. The number of H-pyrrole nitrogens is 1. The molecule has 8 aromatic heterocycles. The van der Waals surface area contributed by atoms with Gasteiger partial charge in [0, 0.05) is 100 Å². The van der Waals surface area contributed by atoms with E-state index >= 15 is 0 Å². The van der Waals surface area contributed by atoms with E-state index in [1.807, 2.05) is 40.9 Å². The molecule has 1 fully saturated rings. The van der Waals surface area contributed by atoms with Gasteiger partial charge in [0.15, 0.2) is 17.7 Å². The molecule has 97 heavy (non-hydrogen) atoms. The van der Waals surface area contributed by atoms with Crippen LogP contribution in [0.25, 0.3) is 55.8 Å².